The lowest BCUT2D eigenvalue weighted by molar-refractivity contribution is 0.241. The zero-order valence-corrected chi connectivity index (χ0v) is 11.7. The van der Waals surface area contributed by atoms with Crippen molar-refractivity contribution in [1.82, 2.24) is 4.90 Å². The van der Waals surface area contributed by atoms with E-state index in [1.165, 1.54) is 5.56 Å². The topological polar surface area (TPSA) is 24.5 Å². The third-order valence-electron chi connectivity index (χ3n) is 3.23. The van der Waals surface area contributed by atoms with Gasteiger partial charge in [-0.3, -0.25) is 4.90 Å². The lowest BCUT2D eigenvalue weighted by atomic mass is 10.1. The molecule has 0 saturated heterocycles. The number of benzene rings is 1. The highest BCUT2D eigenvalue weighted by Gasteiger charge is 2.15. The first-order chi connectivity index (χ1) is 8.70. The largest absolute Gasteiger partial charge is 0.489 e. The van der Waals surface area contributed by atoms with Gasteiger partial charge in [0, 0.05) is 25.2 Å². The van der Waals surface area contributed by atoms with Gasteiger partial charge >= 0.3 is 0 Å². The van der Waals surface area contributed by atoms with Crippen LogP contribution in [-0.4, -0.2) is 31.1 Å². The maximum Gasteiger partial charge on any atom is 0.146 e. The second kappa shape index (κ2) is 6.10. The van der Waals surface area contributed by atoms with Crippen molar-refractivity contribution in [2.24, 2.45) is 5.92 Å². The molecule has 0 spiro atoms. The number of fused-ring (bicyclic) bond motifs is 1. The Kier molecular flexibility index (Phi) is 4.48. The molecule has 0 fully saturated rings. The standard InChI is InChI=1S/C15H24N2O/c1-4-17(10-12(2)3)11-13-6-5-7-14-15(13)18-9-8-16-14/h5-7,12,16H,4,8-11H2,1-3H3. The minimum absolute atomic E-state index is 0.698. The van der Waals surface area contributed by atoms with Crippen molar-refractivity contribution in [3.63, 3.8) is 0 Å². The summed E-state index contributed by atoms with van der Waals surface area (Å²) in [5.74, 6) is 1.74. The fourth-order valence-electron chi connectivity index (χ4n) is 2.42. The van der Waals surface area contributed by atoms with E-state index in [9.17, 15) is 0 Å². The summed E-state index contributed by atoms with van der Waals surface area (Å²) < 4.78 is 5.82. The van der Waals surface area contributed by atoms with E-state index in [0.29, 0.717) is 5.92 Å². The Hall–Kier alpha value is -1.22. The molecule has 1 heterocycles. The summed E-state index contributed by atoms with van der Waals surface area (Å²) in [6.45, 7) is 11.6. The van der Waals surface area contributed by atoms with E-state index >= 15 is 0 Å². The predicted octanol–water partition coefficient (Wildman–Crippen LogP) is 2.97. The van der Waals surface area contributed by atoms with E-state index in [4.69, 9.17) is 4.74 Å². The molecule has 1 aliphatic rings. The van der Waals surface area contributed by atoms with Crippen molar-refractivity contribution >= 4 is 5.69 Å². The quantitative estimate of drug-likeness (QED) is 0.867. The minimum atomic E-state index is 0.698. The predicted molar refractivity (Wildman–Crippen MR) is 76.2 cm³/mol. The number of hydrogen-bond donors (Lipinski definition) is 1. The molecule has 2 rings (SSSR count). The Labute approximate surface area is 110 Å². The van der Waals surface area contributed by atoms with E-state index in [1.54, 1.807) is 0 Å². The van der Waals surface area contributed by atoms with E-state index < -0.39 is 0 Å². The summed E-state index contributed by atoms with van der Waals surface area (Å²) in [5, 5.41) is 3.39. The van der Waals surface area contributed by atoms with Gasteiger partial charge in [0.25, 0.3) is 0 Å². The van der Waals surface area contributed by atoms with Crippen LogP contribution in [0.25, 0.3) is 0 Å². The summed E-state index contributed by atoms with van der Waals surface area (Å²) in [5.41, 5.74) is 2.43. The maximum atomic E-state index is 5.82. The summed E-state index contributed by atoms with van der Waals surface area (Å²) in [7, 11) is 0. The molecule has 0 saturated carbocycles. The molecule has 0 radical (unpaired) electrons. The third kappa shape index (κ3) is 3.16. The van der Waals surface area contributed by atoms with Gasteiger partial charge in [0.15, 0.2) is 0 Å². The molecule has 100 valence electrons. The van der Waals surface area contributed by atoms with Crippen molar-refractivity contribution in [2.75, 3.05) is 31.6 Å². The van der Waals surface area contributed by atoms with Gasteiger partial charge in [0.2, 0.25) is 0 Å². The maximum absolute atomic E-state index is 5.82. The molecule has 1 aromatic carbocycles. The van der Waals surface area contributed by atoms with Gasteiger partial charge in [-0.1, -0.05) is 32.9 Å². The van der Waals surface area contributed by atoms with Gasteiger partial charge < -0.3 is 10.1 Å². The molecular formula is C15H24N2O. The number of nitrogens with zero attached hydrogens (tertiary/aromatic N) is 1. The molecule has 1 N–H and O–H groups in total. The Morgan fingerprint density at radius 3 is 2.94 bits per heavy atom. The molecule has 0 amide bonds. The van der Waals surface area contributed by atoms with Crippen LogP contribution < -0.4 is 10.1 Å². The van der Waals surface area contributed by atoms with Gasteiger partial charge in [-0.15, -0.1) is 0 Å². The van der Waals surface area contributed by atoms with Crippen LogP contribution in [0.1, 0.15) is 26.3 Å². The van der Waals surface area contributed by atoms with Crippen LogP contribution in [0.2, 0.25) is 0 Å². The molecule has 3 heteroatoms. The highest BCUT2D eigenvalue weighted by molar-refractivity contribution is 5.61. The molecule has 0 aliphatic carbocycles. The van der Waals surface area contributed by atoms with Crippen LogP contribution in [0.3, 0.4) is 0 Å². The van der Waals surface area contributed by atoms with Crippen LogP contribution in [0.15, 0.2) is 18.2 Å². The number of anilines is 1. The van der Waals surface area contributed by atoms with Gasteiger partial charge in [-0.25, -0.2) is 0 Å². The molecule has 1 aliphatic heterocycles. The van der Waals surface area contributed by atoms with Gasteiger partial charge in [-0.05, 0) is 18.5 Å². The van der Waals surface area contributed by atoms with Crippen LogP contribution >= 0.6 is 0 Å². The average Bonchev–Trinajstić information content (AvgIpc) is 2.38. The second-order valence-corrected chi connectivity index (χ2v) is 5.29. The summed E-state index contributed by atoms with van der Waals surface area (Å²) in [4.78, 5) is 2.47. The van der Waals surface area contributed by atoms with Crippen molar-refractivity contribution in [1.29, 1.82) is 0 Å². The van der Waals surface area contributed by atoms with Crippen molar-refractivity contribution < 1.29 is 4.74 Å². The van der Waals surface area contributed by atoms with Gasteiger partial charge in [0.1, 0.15) is 12.4 Å². The first-order valence-electron chi connectivity index (χ1n) is 6.91. The number of rotatable bonds is 5. The molecule has 0 bridgehead atoms. The van der Waals surface area contributed by atoms with Crippen LogP contribution in [0.5, 0.6) is 5.75 Å². The number of para-hydroxylation sites is 1. The lowest BCUT2D eigenvalue weighted by Crippen LogP contribution is -2.28. The second-order valence-electron chi connectivity index (χ2n) is 5.29. The fourth-order valence-corrected chi connectivity index (χ4v) is 2.42. The Balaban J connectivity index is 2.12. The molecule has 0 unspecified atom stereocenters. The fraction of sp³-hybridized carbons (Fsp3) is 0.600. The first kappa shape index (κ1) is 13.2. The average molecular weight is 248 g/mol. The van der Waals surface area contributed by atoms with Gasteiger partial charge in [-0.2, -0.15) is 0 Å². The minimum Gasteiger partial charge on any atom is -0.489 e. The molecule has 3 nitrogen and oxygen atoms in total. The smallest absolute Gasteiger partial charge is 0.146 e. The Morgan fingerprint density at radius 1 is 1.39 bits per heavy atom. The van der Waals surface area contributed by atoms with Crippen molar-refractivity contribution in [2.45, 2.75) is 27.3 Å². The summed E-state index contributed by atoms with van der Waals surface area (Å²) in [6.07, 6.45) is 0. The van der Waals surface area contributed by atoms with Crippen molar-refractivity contribution in [3.05, 3.63) is 23.8 Å². The van der Waals surface area contributed by atoms with E-state index in [2.05, 4.69) is 49.2 Å². The Bertz CT molecular complexity index is 390. The zero-order chi connectivity index (χ0) is 13.0. The number of ether oxygens (including phenoxy) is 1. The highest BCUT2D eigenvalue weighted by Crippen LogP contribution is 2.32. The van der Waals surface area contributed by atoms with Crippen LogP contribution in [0, 0.1) is 5.92 Å². The highest BCUT2D eigenvalue weighted by atomic mass is 16.5. The molecule has 0 aromatic heterocycles. The summed E-state index contributed by atoms with van der Waals surface area (Å²) >= 11 is 0. The number of nitrogens with one attached hydrogen (secondary N) is 1. The van der Waals surface area contributed by atoms with E-state index in [0.717, 1.165) is 44.2 Å². The SMILES string of the molecule is CCN(Cc1cccc2c1OCCN2)CC(C)C. The van der Waals surface area contributed by atoms with Crippen LogP contribution in [-0.2, 0) is 6.54 Å². The summed E-state index contributed by atoms with van der Waals surface area (Å²) in [6, 6.07) is 6.38. The van der Waals surface area contributed by atoms with Gasteiger partial charge in [0.05, 0.1) is 5.69 Å². The molecule has 18 heavy (non-hydrogen) atoms. The molecule has 0 atom stereocenters. The molecular weight excluding hydrogens is 224 g/mol. The molecule has 1 aromatic rings. The van der Waals surface area contributed by atoms with E-state index in [1.807, 2.05) is 0 Å². The first-order valence-corrected chi connectivity index (χ1v) is 6.91. The third-order valence-corrected chi connectivity index (χ3v) is 3.23. The van der Waals surface area contributed by atoms with E-state index in [-0.39, 0.29) is 0 Å². The number of hydrogen-bond acceptors (Lipinski definition) is 3. The van der Waals surface area contributed by atoms with Crippen LogP contribution in [0.4, 0.5) is 5.69 Å². The zero-order valence-electron chi connectivity index (χ0n) is 11.7. The Morgan fingerprint density at radius 2 is 2.22 bits per heavy atom. The lowest BCUT2D eigenvalue weighted by Gasteiger charge is -2.26. The van der Waals surface area contributed by atoms with Crippen molar-refractivity contribution in [3.8, 4) is 5.75 Å². The normalized spacial score (nSPS) is 14.3. The monoisotopic (exact) mass is 248 g/mol.